The van der Waals surface area contributed by atoms with E-state index in [1.807, 2.05) is 36.4 Å². The minimum absolute atomic E-state index is 0.00839. The molecule has 3 aromatic rings. The largest absolute Gasteiger partial charge is 0.481 e. The fraction of sp³-hybridized carbons (Fsp3) is 0.355. The molecule has 0 radical (unpaired) electrons. The smallest absolute Gasteiger partial charge is 0.303 e. The Balaban J connectivity index is 1.42. The Bertz CT molecular complexity index is 1410. The summed E-state index contributed by atoms with van der Waals surface area (Å²) in [5.41, 5.74) is 7.02. The number of halogens is 1. The molecule has 38 heavy (non-hydrogen) atoms. The minimum atomic E-state index is -0.798. The summed E-state index contributed by atoms with van der Waals surface area (Å²) in [5, 5.41) is 12.2. The standard InChI is InChI=1S/C31H32ClN3O3/c32-23-16-13-21(14-17-23)30-27(11-5-6-12-29(36)37)33-28-19-22(15-18-26(28)34-30)31(38)35-25-10-4-2-8-20-7-1-3-9-24(20)25/h1,3,7,9,13-16,18-19,23,25H,2,4-6,8,10-12,17H2,(H,35,38)(H,36,37). The number of nitrogens with zero attached hydrogens (tertiary/aromatic N) is 2. The second-order valence-corrected chi connectivity index (χ2v) is 10.6. The summed E-state index contributed by atoms with van der Waals surface area (Å²) >= 11 is 6.23. The molecule has 2 unspecified atom stereocenters. The molecule has 0 spiro atoms. The number of carboxylic acid groups (broad SMARTS) is 1. The number of alkyl halides is 1. The zero-order valence-corrected chi connectivity index (χ0v) is 22.1. The highest BCUT2D eigenvalue weighted by Gasteiger charge is 2.21. The van der Waals surface area contributed by atoms with Crippen molar-refractivity contribution in [2.24, 2.45) is 0 Å². The molecule has 2 atom stereocenters. The first-order valence-electron chi connectivity index (χ1n) is 13.4. The molecule has 0 bridgehead atoms. The number of aromatic nitrogens is 2. The van der Waals surface area contributed by atoms with Gasteiger partial charge in [0.15, 0.2) is 0 Å². The molecule has 0 aliphatic heterocycles. The highest BCUT2D eigenvalue weighted by Crippen LogP contribution is 2.30. The van der Waals surface area contributed by atoms with E-state index in [0.29, 0.717) is 35.9 Å². The van der Waals surface area contributed by atoms with E-state index in [-0.39, 0.29) is 23.7 Å². The Labute approximate surface area is 227 Å². The van der Waals surface area contributed by atoms with Gasteiger partial charge >= 0.3 is 5.97 Å². The number of aryl methyl sites for hydroxylation is 2. The van der Waals surface area contributed by atoms with E-state index in [2.05, 4.69) is 29.6 Å². The Morgan fingerprint density at radius 2 is 1.92 bits per heavy atom. The molecule has 1 heterocycles. The monoisotopic (exact) mass is 529 g/mol. The van der Waals surface area contributed by atoms with Gasteiger partial charge in [-0.2, -0.15) is 0 Å². The lowest BCUT2D eigenvalue weighted by Gasteiger charge is -2.19. The summed E-state index contributed by atoms with van der Waals surface area (Å²) in [6.07, 6.45) is 12.9. The molecule has 6 nitrogen and oxygen atoms in total. The van der Waals surface area contributed by atoms with Crippen LogP contribution in [0.5, 0.6) is 0 Å². The van der Waals surface area contributed by atoms with E-state index >= 15 is 0 Å². The maximum absolute atomic E-state index is 13.3. The fourth-order valence-electron chi connectivity index (χ4n) is 5.29. The molecule has 2 aliphatic rings. The molecule has 1 aromatic heterocycles. The van der Waals surface area contributed by atoms with Crippen molar-refractivity contribution in [1.82, 2.24) is 15.3 Å². The Morgan fingerprint density at radius 3 is 2.74 bits per heavy atom. The third kappa shape index (κ3) is 6.13. The first kappa shape index (κ1) is 26.1. The normalized spacial score (nSPS) is 18.9. The van der Waals surface area contributed by atoms with Crippen LogP contribution in [-0.2, 0) is 17.6 Å². The van der Waals surface area contributed by atoms with Gasteiger partial charge in [-0.25, -0.2) is 9.97 Å². The Morgan fingerprint density at radius 1 is 1.05 bits per heavy atom. The van der Waals surface area contributed by atoms with Crippen LogP contribution in [0.15, 0.2) is 60.7 Å². The minimum Gasteiger partial charge on any atom is -0.481 e. The van der Waals surface area contributed by atoms with Crippen LogP contribution >= 0.6 is 11.6 Å². The van der Waals surface area contributed by atoms with Gasteiger partial charge in [0, 0.05) is 12.0 Å². The predicted molar refractivity (Wildman–Crippen MR) is 150 cm³/mol. The number of carboxylic acids is 1. The Kier molecular flexibility index (Phi) is 8.18. The number of rotatable bonds is 8. The third-order valence-corrected chi connectivity index (χ3v) is 7.62. The topological polar surface area (TPSA) is 92.2 Å². The molecule has 2 N–H and O–H groups in total. The molecule has 5 rings (SSSR count). The lowest BCUT2D eigenvalue weighted by molar-refractivity contribution is -0.137. The first-order chi connectivity index (χ1) is 18.5. The maximum atomic E-state index is 13.3. The van der Waals surface area contributed by atoms with Crippen molar-refractivity contribution in [1.29, 1.82) is 0 Å². The third-order valence-electron chi connectivity index (χ3n) is 7.30. The summed E-state index contributed by atoms with van der Waals surface area (Å²) in [6.45, 7) is 0. The number of hydrogen-bond acceptors (Lipinski definition) is 4. The second-order valence-electron chi connectivity index (χ2n) is 10.1. The summed E-state index contributed by atoms with van der Waals surface area (Å²) in [5.74, 6) is -0.915. The van der Waals surface area contributed by atoms with Gasteiger partial charge in [-0.15, -0.1) is 11.6 Å². The second kappa shape index (κ2) is 11.9. The van der Waals surface area contributed by atoms with Crippen molar-refractivity contribution in [3.8, 4) is 0 Å². The molecule has 0 saturated carbocycles. The summed E-state index contributed by atoms with van der Waals surface area (Å²) in [6, 6.07) is 13.8. The average molecular weight is 530 g/mol. The van der Waals surface area contributed by atoms with Crippen LogP contribution in [0.3, 0.4) is 0 Å². The molecule has 0 fully saturated rings. The van der Waals surface area contributed by atoms with Crippen LogP contribution < -0.4 is 5.32 Å². The van der Waals surface area contributed by atoms with Crippen molar-refractivity contribution >= 4 is 40.1 Å². The van der Waals surface area contributed by atoms with Crippen LogP contribution in [0.2, 0.25) is 0 Å². The van der Waals surface area contributed by atoms with Crippen LogP contribution in [-0.4, -0.2) is 32.3 Å². The summed E-state index contributed by atoms with van der Waals surface area (Å²) in [4.78, 5) is 34.2. The van der Waals surface area contributed by atoms with E-state index in [1.54, 1.807) is 0 Å². The van der Waals surface area contributed by atoms with Gasteiger partial charge in [-0.1, -0.05) is 48.9 Å². The predicted octanol–water partition coefficient (Wildman–Crippen LogP) is 6.58. The number of amides is 1. The van der Waals surface area contributed by atoms with Crippen molar-refractivity contribution in [2.45, 2.75) is 69.2 Å². The highest BCUT2D eigenvalue weighted by molar-refractivity contribution is 6.22. The number of carbonyl (C=O) groups is 2. The summed E-state index contributed by atoms with van der Waals surface area (Å²) in [7, 11) is 0. The number of carbonyl (C=O) groups excluding carboxylic acids is 1. The number of unbranched alkanes of at least 4 members (excludes halogenated alkanes) is 1. The molecule has 7 heteroatoms. The van der Waals surface area contributed by atoms with Gasteiger partial charge in [0.05, 0.1) is 33.8 Å². The molecule has 2 aromatic carbocycles. The number of nitrogens with one attached hydrogen (secondary N) is 1. The number of fused-ring (bicyclic) bond motifs is 2. The van der Waals surface area contributed by atoms with Crippen LogP contribution in [0, 0.1) is 0 Å². The Hall–Kier alpha value is -3.51. The van der Waals surface area contributed by atoms with Crippen LogP contribution in [0.1, 0.15) is 83.9 Å². The SMILES string of the molecule is O=C(O)CCCCc1nc2cc(C(=O)NC3CCCCc4ccccc43)ccc2nc1C1=CCC(Cl)C=C1. The average Bonchev–Trinajstić information content (AvgIpc) is 3.13. The lowest BCUT2D eigenvalue weighted by atomic mass is 9.98. The van der Waals surface area contributed by atoms with Gasteiger partial charge in [-0.05, 0) is 79.8 Å². The summed E-state index contributed by atoms with van der Waals surface area (Å²) < 4.78 is 0. The highest BCUT2D eigenvalue weighted by atomic mass is 35.5. The molecule has 0 saturated heterocycles. The van der Waals surface area contributed by atoms with Gasteiger partial charge in [-0.3, -0.25) is 9.59 Å². The number of aliphatic carboxylic acids is 1. The van der Waals surface area contributed by atoms with Gasteiger partial charge < -0.3 is 10.4 Å². The van der Waals surface area contributed by atoms with E-state index in [9.17, 15) is 9.59 Å². The van der Waals surface area contributed by atoms with Crippen molar-refractivity contribution in [2.75, 3.05) is 0 Å². The van der Waals surface area contributed by atoms with Gasteiger partial charge in [0.25, 0.3) is 5.91 Å². The van der Waals surface area contributed by atoms with Crippen LogP contribution in [0.25, 0.3) is 16.6 Å². The first-order valence-corrected chi connectivity index (χ1v) is 13.9. The number of hydrogen-bond donors (Lipinski definition) is 2. The van der Waals surface area contributed by atoms with E-state index in [1.165, 1.54) is 11.1 Å². The van der Waals surface area contributed by atoms with Gasteiger partial charge in [0.2, 0.25) is 0 Å². The quantitative estimate of drug-likeness (QED) is 0.195. The van der Waals surface area contributed by atoms with E-state index in [0.717, 1.165) is 49.1 Å². The molecule has 2 aliphatic carbocycles. The molecule has 196 valence electrons. The van der Waals surface area contributed by atoms with Crippen molar-refractivity contribution in [3.63, 3.8) is 0 Å². The van der Waals surface area contributed by atoms with Crippen molar-refractivity contribution in [3.05, 3.63) is 88.8 Å². The lowest BCUT2D eigenvalue weighted by Crippen LogP contribution is -2.28. The van der Waals surface area contributed by atoms with Crippen molar-refractivity contribution < 1.29 is 14.7 Å². The number of allylic oxidation sites excluding steroid dienone is 4. The van der Waals surface area contributed by atoms with E-state index in [4.69, 9.17) is 26.7 Å². The zero-order valence-electron chi connectivity index (χ0n) is 21.3. The van der Waals surface area contributed by atoms with E-state index < -0.39 is 5.97 Å². The number of benzene rings is 2. The zero-order chi connectivity index (χ0) is 26.5. The molecular formula is C31H32ClN3O3. The molecule has 1 amide bonds. The fourth-order valence-corrected chi connectivity index (χ4v) is 5.45. The maximum Gasteiger partial charge on any atom is 0.303 e. The van der Waals surface area contributed by atoms with Gasteiger partial charge in [0.1, 0.15) is 0 Å². The molecular weight excluding hydrogens is 498 g/mol. The van der Waals surface area contributed by atoms with Crippen LogP contribution in [0.4, 0.5) is 0 Å².